The van der Waals surface area contributed by atoms with Gasteiger partial charge in [-0.2, -0.15) is 24.6 Å². The van der Waals surface area contributed by atoms with E-state index in [-0.39, 0.29) is 40.1 Å². The summed E-state index contributed by atoms with van der Waals surface area (Å²) in [5, 5.41) is 0. The molecule has 0 amide bonds. The third-order valence-electron chi connectivity index (χ3n) is 0.848. The molecule has 0 unspecified atom stereocenters. The Bertz CT molecular complexity index is 98.2. The Morgan fingerprint density at radius 3 is 2.25 bits per heavy atom. The maximum absolute atomic E-state index is 3.71. The van der Waals surface area contributed by atoms with E-state index in [1.165, 1.54) is 0 Å². The van der Waals surface area contributed by atoms with Crippen LogP contribution in [0.5, 0.6) is 0 Å². The SMILES string of the molecule is [CH2-]C1=CCC=C1.[CH3-].[Y+3]. The summed E-state index contributed by atoms with van der Waals surface area (Å²) in [4.78, 5) is 0. The van der Waals surface area contributed by atoms with Crippen molar-refractivity contribution in [3.8, 4) is 0 Å². The Hall–Kier alpha value is 0.454. The van der Waals surface area contributed by atoms with Crippen molar-refractivity contribution in [3.05, 3.63) is 38.2 Å². The molecule has 0 aromatic rings. The van der Waals surface area contributed by atoms with E-state index in [1.54, 1.807) is 0 Å². The second kappa shape index (κ2) is 5.59. The number of allylic oxidation sites excluding steroid dienone is 4. The van der Waals surface area contributed by atoms with Crippen molar-refractivity contribution in [3.63, 3.8) is 0 Å². The molecule has 0 aromatic heterocycles. The molecule has 1 aliphatic rings. The number of hydrogen-bond donors (Lipinski definition) is 0. The zero-order valence-electron chi connectivity index (χ0n) is 5.22. The predicted octanol–water partition coefficient (Wildman–Crippen LogP) is 2.15. The first-order valence-electron chi connectivity index (χ1n) is 2.08. The van der Waals surface area contributed by atoms with Crippen molar-refractivity contribution in [1.82, 2.24) is 0 Å². The molecule has 0 fully saturated rings. The van der Waals surface area contributed by atoms with E-state index >= 15 is 0 Å². The molecule has 1 heteroatoms. The van der Waals surface area contributed by atoms with Crippen LogP contribution in [0.4, 0.5) is 0 Å². The van der Waals surface area contributed by atoms with Crippen LogP contribution in [0, 0.1) is 14.4 Å². The quantitative estimate of drug-likeness (QED) is 0.505. The van der Waals surface area contributed by atoms with E-state index in [4.69, 9.17) is 0 Å². The molecule has 0 bridgehead atoms. The Morgan fingerprint density at radius 2 is 2.12 bits per heavy atom. The van der Waals surface area contributed by atoms with E-state index < -0.39 is 0 Å². The molecule has 0 radical (unpaired) electrons. The molecule has 40 valence electrons. The molecule has 1 rings (SSSR count). The zero-order chi connectivity index (χ0) is 4.41. The normalized spacial score (nSPS) is 13.8. The first-order chi connectivity index (χ1) is 2.89. The Kier molecular flexibility index (Phi) is 7.88. The largest absolute Gasteiger partial charge is 3.00 e. The van der Waals surface area contributed by atoms with E-state index in [0.717, 1.165) is 12.0 Å². The fourth-order valence-electron chi connectivity index (χ4n) is 0.507. The van der Waals surface area contributed by atoms with Crippen molar-refractivity contribution < 1.29 is 32.7 Å². The van der Waals surface area contributed by atoms with Gasteiger partial charge in [-0.3, -0.25) is 0 Å². The molecular formula is C7H10Y+. The fraction of sp³-hybridized carbons (Fsp3) is 0.143. The monoisotopic (exact) mass is 183 g/mol. The molecule has 0 saturated carbocycles. The maximum atomic E-state index is 3.71. The van der Waals surface area contributed by atoms with E-state index in [1.807, 2.05) is 6.08 Å². The molecule has 0 aromatic carbocycles. The summed E-state index contributed by atoms with van der Waals surface area (Å²) in [6, 6.07) is 0. The van der Waals surface area contributed by atoms with Crippen LogP contribution in [0.15, 0.2) is 23.8 Å². The average Bonchev–Trinajstić information content (AvgIpc) is 1.86. The minimum atomic E-state index is 0. The summed E-state index contributed by atoms with van der Waals surface area (Å²) in [5.41, 5.74) is 1.15. The molecule has 0 heterocycles. The van der Waals surface area contributed by atoms with Crippen LogP contribution >= 0.6 is 0 Å². The topological polar surface area (TPSA) is 0 Å². The average molecular weight is 183 g/mol. The third kappa shape index (κ3) is 3.46. The van der Waals surface area contributed by atoms with Crippen LogP contribution in [-0.4, -0.2) is 0 Å². The predicted molar refractivity (Wildman–Crippen MR) is 33.6 cm³/mol. The van der Waals surface area contributed by atoms with Crippen LogP contribution in [0.2, 0.25) is 0 Å². The third-order valence-corrected chi connectivity index (χ3v) is 0.848. The van der Waals surface area contributed by atoms with Gasteiger partial charge < -0.3 is 7.43 Å². The van der Waals surface area contributed by atoms with Crippen molar-refractivity contribution >= 4 is 0 Å². The molecule has 0 nitrogen and oxygen atoms in total. The summed E-state index contributed by atoms with van der Waals surface area (Å²) in [6.07, 6.45) is 7.31. The minimum Gasteiger partial charge on any atom is -0.358 e. The molecule has 0 aliphatic heterocycles. The van der Waals surface area contributed by atoms with Gasteiger partial charge in [-0.1, -0.05) is 6.42 Å². The molecule has 1 aliphatic carbocycles. The molecule has 8 heavy (non-hydrogen) atoms. The van der Waals surface area contributed by atoms with Gasteiger partial charge in [-0.05, 0) is 0 Å². The first kappa shape index (κ1) is 11.3. The smallest absolute Gasteiger partial charge is 0.358 e. The Labute approximate surface area is 76.9 Å². The van der Waals surface area contributed by atoms with Gasteiger partial charge in [-0.25, -0.2) is 0 Å². The van der Waals surface area contributed by atoms with E-state index in [2.05, 4.69) is 19.1 Å². The Balaban J connectivity index is 0. The van der Waals surface area contributed by atoms with Crippen LogP contribution in [0.25, 0.3) is 0 Å². The maximum Gasteiger partial charge on any atom is 3.00 e. The molecular weight excluding hydrogens is 173 g/mol. The summed E-state index contributed by atoms with van der Waals surface area (Å²) < 4.78 is 0. The van der Waals surface area contributed by atoms with Gasteiger partial charge in [0, 0.05) is 0 Å². The summed E-state index contributed by atoms with van der Waals surface area (Å²) in [7, 11) is 0. The summed E-state index contributed by atoms with van der Waals surface area (Å²) in [5.74, 6) is 0. The van der Waals surface area contributed by atoms with Crippen LogP contribution in [-0.2, 0) is 32.7 Å². The second-order valence-electron chi connectivity index (χ2n) is 1.42. The van der Waals surface area contributed by atoms with Gasteiger partial charge in [0.1, 0.15) is 0 Å². The zero-order valence-corrected chi connectivity index (χ0v) is 8.06. The van der Waals surface area contributed by atoms with Gasteiger partial charge in [0.05, 0.1) is 0 Å². The van der Waals surface area contributed by atoms with E-state index in [0.29, 0.717) is 0 Å². The number of rotatable bonds is 0. The van der Waals surface area contributed by atoms with Gasteiger partial charge >= 0.3 is 32.7 Å². The van der Waals surface area contributed by atoms with Crippen LogP contribution in [0.1, 0.15) is 6.42 Å². The minimum absolute atomic E-state index is 0. The van der Waals surface area contributed by atoms with Crippen LogP contribution < -0.4 is 0 Å². The van der Waals surface area contributed by atoms with Gasteiger partial charge in [0.2, 0.25) is 0 Å². The van der Waals surface area contributed by atoms with Gasteiger partial charge in [0.15, 0.2) is 0 Å². The first-order valence-corrected chi connectivity index (χ1v) is 2.08. The van der Waals surface area contributed by atoms with Gasteiger partial charge in [0.25, 0.3) is 0 Å². The molecule has 0 spiro atoms. The van der Waals surface area contributed by atoms with Crippen molar-refractivity contribution in [2.75, 3.05) is 0 Å². The summed E-state index contributed by atoms with van der Waals surface area (Å²) in [6.45, 7) is 3.71. The Morgan fingerprint density at radius 1 is 1.50 bits per heavy atom. The van der Waals surface area contributed by atoms with Gasteiger partial charge in [-0.15, -0.1) is 6.08 Å². The molecule has 0 atom stereocenters. The van der Waals surface area contributed by atoms with Crippen molar-refractivity contribution in [1.29, 1.82) is 0 Å². The van der Waals surface area contributed by atoms with Crippen molar-refractivity contribution in [2.24, 2.45) is 0 Å². The molecule has 0 saturated heterocycles. The van der Waals surface area contributed by atoms with Crippen LogP contribution in [0.3, 0.4) is 0 Å². The summed E-state index contributed by atoms with van der Waals surface area (Å²) >= 11 is 0. The second-order valence-corrected chi connectivity index (χ2v) is 1.42. The van der Waals surface area contributed by atoms with Crippen molar-refractivity contribution in [2.45, 2.75) is 6.42 Å². The molecule has 0 N–H and O–H groups in total. The fourth-order valence-corrected chi connectivity index (χ4v) is 0.507. The van der Waals surface area contributed by atoms with E-state index in [9.17, 15) is 0 Å². The number of hydrogen-bond acceptors (Lipinski definition) is 0. The standard InChI is InChI=1S/C6H7.CH3.Y/c1-6-4-2-3-5-6;;/h2,4-5H,1,3H2;1H3;/q2*-1;+3.